The van der Waals surface area contributed by atoms with E-state index in [-0.39, 0.29) is 24.1 Å². The Labute approximate surface area is 177 Å². The van der Waals surface area contributed by atoms with Crippen molar-refractivity contribution in [3.63, 3.8) is 0 Å². The normalized spacial score (nSPS) is 10.8. The van der Waals surface area contributed by atoms with Gasteiger partial charge in [-0.1, -0.05) is 48.0 Å². The van der Waals surface area contributed by atoms with Gasteiger partial charge in [-0.05, 0) is 30.7 Å². The fraction of sp³-hybridized carbons (Fsp3) is 0.125. The van der Waals surface area contributed by atoms with E-state index in [0.29, 0.717) is 17.3 Å². The summed E-state index contributed by atoms with van der Waals surface area (Å²) in [6.07, 6.45) is 0.189. The third-order valence-electron chi connectivity index (χ3n) is 4.74. The Morgan fingerprint density at radius 1 is 0.968 bits per heavy atom. The van der Waals surface area contributed by atoms with Crippen molar-refractivity contribution in [2.75, 3.05) is 5.32 Å². The summed E-state index contributed by atoms with van der Waals surface area (Å²) in [7, 11) is 0. The van der Waals surface area contributed by atoms with E-state index in [2.05, 4.69) is 15.5 Å². The number of aromatic nitrogens is 2. The summed E-state index contributed by atoms with van der Waals surface area (Å²) in [5.41, 5.74) is 2.70. The number of benzene rings is 3. The topological polar surface area (TPSA) is 68.0 Å². The fourth-order valence-corrected chi connectivity index (χ4v) is 3.14. The van der Waals surface area contributed by atoms with Crippen molar-refractivity contribution in [1.29, 1.82) is 0 Å². The Balaban J connectivity index is 1.46. The quantitative estimate of drug-likeness (QED) is 0.444. The zero-order valence-electron chi connectivity index (χ0n) is 16.7. The summed E-state index contributed by atoms with van der Waals surface area (Å²) in [5, 5.41) is 10.5. The number of anilines is 1. The molecule has 0 unspecified atom stereocenters. The molecule has 4 rings (SSSR count). The summed E-state index contributed by atoms with van der Waals surface area (Å²) in [6, 6.07) is 18.3. The van der Waals surface area contributed by atoms with Crippen molar-refractivity contribution in [2.24, 2.45) is 0 Å². The summed E-state index contributed by atoms with van der Waals surface area (Å²) >= 11 is 0. The number of halogens is 2. The first-order valence-corrected chi connectivity index (χ1v) is 9.73. The first kappa shape index (κ1) is 20.4. The molecule has 1 amide bonds. The van der Waals surface area contributed by atoms with Crippen molar-refractivity contribution < 1.29 is 18.0 Å². The molecule has 7 heteroatoms. The predicted molar refractivity (Wildman–Crippen MR) is 113 cm³/mol. The molecule has 0 aliphatic carbocycles. The van der Waals surface area contributed by atoms with Crippen molar-refractivity contribution in [3.05, 3.63) is 89.8 Å². The molecule has 31 heavy (non-hydrogen) atoms. The molecule has 0 fully saturated rings. The van der Waals surface area contributed by atoms with Gasteiger partial charge in [-0.15, -0.1) is 10.2 Å². The summed E-state index contributed by atoms with van der Waals surface area (Å²) in [5.74, 6) is -1.34. The highest BCUT2D eigenvalue weighted by atomic mass is 19.1. The van der Waals surface area contributed by atoms with Crippen LogP contribution in [0.25, 0.3) is 22.6 Å². The predicted octanol–water partition coefficient (Wildman–Crippen LogP) is 5.56. The number of nitrogens with one attached hydrogen (secondary N) is 1. The Morgan fingerprint density at radius 3 is 2.45 bits per heavy atom. The Kier molecular flexibility index (Phi) is 5.84. The van der Waals surface area contributed by atoms with Crippen LogP contribution in [0.1, 0.15) is 17.9 Å². The molecule has 5 nitrogen and oxygen atoms in total. The number of hydrogen-bond donors (Lipinski definition) is 1. The van der Waals surface area contributed by atoms with Gasteiger partial charge < -0.3 is 9.73 Å². The average molecular weight is 419 g/mol. The van der Waals surface area contributed by atoms with E-state index in [1.807, 2.05) is 31.2 Å². The smallest absolute Gasteiger partial charge is 0.247 e. The minimum absolute atomic E-state index is 0.000573. The van der Waals surface area contributed by atoms with Gasteiger partial charge >= 0.3 is 0 Å². The number of aryl methyl sites for hydroxylation is 2. The molecule has 1 heterocycles. The second kappa shape index (κ2) is 8.87. The lowest BCUT2D eigenvalue weighted by Crippen LogP contribution is -2.14. The van der Waals surface area contributed by atoms with E-state index in [4.69, 9.17) is 4.42 Å². The molecular formula is C24H19F2N3O2. The first-order valence-electron chi connectivity index (χ1n) is 9.73. The first-order chi connectivity index (χ1) is 15.0. The van der Waals surface area contributed by atoms with Crippen LogP contribution in [-0.2, 0) is 11.2 Å². The lowest BCUT2D eigenvalue weighted by atomic mass is 10.0. The van der Waals surface area contributed by atoms with Crippen LogP contribution in [0.5, 0.6) is 0 Å². The fourth-order valence-electron chi connectivity index (χ4n) is 3.14. The van der Waals surface area contributed by atoms with Gasteiger partial charge in [0, 0.05) is 30.0 Å². The molecule has 0 saturated heterocycles. The molecule has 3 aromatic carbocycles. The largest absolute Gasteiger partial charge is 0.421 e. The van der Waals surface area contributed by atoms with Crippen LogP contribution in [0, 0.1) is 18.6 Å². The maximum Gasteiger partial charge on any atom is 0.247 e. The van der Waals surface area contributed by atoms with Crippen LogP contribution in [0.2, 0.25) is 0 Å². The second-order valence-corrected chi connectivity index (χ2v) is 7.09. The van der Waals surface area contributed by atoms with Gasteiger partial charge in [0.05, 0.1) is 5.69 Å². The highest BCUT2D eigenvalue weighted by Gasteiger charge is 2.17. The number of hydrogen-bond acceptors (Lipinski definition) is 4. The van der Waals surface area contributed by atoms with E-state index in [1.165, 1.54) is 6.07 Å². The van der Waals surface area contributed by atoms with Crippen molar-refractivity contribution in [3.8, 4) is 22.6 Å². The van der Waals surface area contributed by atoms with Crippen LogP contribution >= 0.6 is 0 Å². The number of nitrogens with zero attached hydrogens (tertiary/aromatic N) is 2. The number of amides is 1. The van der Waals surface area contributed by atoms with Crippen LogP contribution in [0.4, 0.5) is 14.5 Å². The SMILES string of the molecule is Cc1ccc(-c2nnc(CCC(=O)Nc3c(F)cc(F)cc3-c3ccccc3)o2)cc1. The van der Waals surface area contributed by atoms with E-state index < -0.39 is 17.5 Å². The van der Waals surface area contributed by atoms with Crippen LogP contribution < -0.4 is 5.32 Å². The minimum atomic E-state index is -0.841. The molecule has 1 aromatic heterocycles. The van der Waals surface area contributed by atoms with Crippen molar-refractivity contribution in [1.82, 2.24) is 10.2 Å². The average Bonchev–Trinajstić information content (AvgIpc) is 3.24. The maximum atomic E-state index is 14.4. The third-order valence-corrected chi connectivity index (χ3v) is 4.74. The molecule has 0 bridgehead atoms. The molecule has 4 aromatic rings. The van der Waals surface area contributed by atoms with Crippen LogP contribution in [0.3, 0.4) is 0 Å². The molecule has 156 valence electrons. The molecule has 0 saturated carbocycles. The summed E-state index contributed by atoms with van der Waals surface area (Å²) in [4.78, 5) is 12.5. The van der Waals surface area contributed by atoms with Crippen LogP contribution in [-0.4, -0.2) is 16.1 Å². The van der Waals surface area contributed by atoms with E-state index in [9.17, 15) is 13.6 Å². The van der Waals surface area contributed by atoms with Crippen molar-refractivity contribution in [2.45, 2.75) is 19.8 Å². The molecule has 0 aliphatic heterocycles. The van der Waals surface area contributed by atoms with Gasteiger partial charge in [0.2, 0.25) is 17.7 Å². The molecule has 0 radical (unpaired) electrons. The third kappa shape index (κ3) is 4.83. The van der Waals surface area contributed by atoms with Crippen LogP contribution in [0.15, 0.2) is 71.1 Å². The summed E-state index contributed by atoms with van der Waals surface area (Å²) < 4.78 is 33.8. The summed E-state index contributed by atoms with van der Waals surface area (Å²) in [6.45, 7) is 1.98. The zero-order chi connectivity index (χ0) is 21.8. The lowest BCUT2D eigenvalue weighted by Gasteiger charge is -2.12. The highest BCUT2D eigenvalue weighted by molar-refractivity contribution is 5.95. The maximum absolute atomic E-state index is 14.4. The molecular weight excluding hydrogens is 400 g/mol. The number of rotatable bonds is 6. The van der Waals surface area contributed by atoms with Gasteiger partial charge in [0.25, 0.3) is 0 Å². The molecule has 0 atom stereocenters. The molecule has 1 N–H and O–H groups in total. The monoisotopic (exact) mass is 419 g/mol. The van der Waals surface area contributed by atoms with Crippen molar-refractivity contribution >= 4 is 11.6 Å². The Hall–Kier alpha value is -3.87. The number of carbonyl (C=O) groups excluding carboxylic acids is 1. The number of carbonyl (C=O) groups is 1. The van der Waals surface area contributed by atoms with Gasteiger partial charge in [-0.25, -0.2) is 8.78 Å². The van der Waals surface area contributed by atoms with E-state index in [1.54, 1.807) is 30.3 Å². The van der Waals surface area contributed by atoms with Gasteiger partial charge in [0.1, 0.15) is 11.6 Å². The standard InChI is InChI=1S/C24H19F2N3O2/c1-15-7-9-17(10-8-15)24-29-28-22(31-24)12-11-21(30)27-23-19(13-18(25)14-20(23)26)16-5-3-2-4-6-16/h2-10,13-14H,11-12H2,1H3,(H,27,30). The molecule has 0 aliphatic rings. The van der Waals surface area contributed by atoms with Gasteiger partial charge in [-0.2, -0.15) is 0 Å². The van der Waals surface area contributed by atoms with E-state index in [0.717, 1.165) is 17.2 Å². The Morgan fingerprint density at radius 2 is 1.71 bits per heavy atom. The lowest BCUT2D eigenvalue weighted by molar-refractivity contribution is -0.116. The highest BCUT2D eigenvalue weighted by Crippen LogP contribution is 2.31. The zero-order valence-corrected chi connectivity index (χ0v) is 16.7. The molecule has 0 spiro atoms. The minimum Gasteiger partial charge on any atom is -0.421 e. The van der Waals surface area contributed by atoms with E-state index >= 15 is 0 Å². The second-order valence-electron chi connectivity index (χ2n) is 7.09. The van der Waals surface area contributed by atoms with Gasteiger partial charge in [0.15, 0.2) is 0 Å². The Bertz CT molecular complexity index is 1210. The van der Waals surface area contributed by atoms with Gasteiger partial charge in [-0.3, -0.25) is 4.79 Å².